The van der Waals surface area contributed by atoms with Gasteiger partial charge in [0.15, 0.2) is 0 Å². The van der Waals surface area contributed by atoms with Gasteiger partial charge >= 0.3 is 0 Å². The van der Waals surface area contributed by atoms with Crippen molar-refractivity contribution in [3.63, 3.8) is 0 Å². The van der Waals surface area contributed by atoms with Gasteiger partial charge in [0.05, 0.1) is 11.0 Å². The Hall–Kier alpha value is -3.68. The van der Waals surface area contributed by atoms with E-state index in [1.54, 1.807) is 17.0 Å². The third-order valence-corrected chi connectivity index (χ3v) is 7.48. The lowest BCUT2D eigenvalue weighted by molar-refractivity contribution is -0.384. The van der Waals surface area contributed by atoms with Gasteiger partial charge in [-0.1, -0.05) is 31.0 Å². The zero-order valence-corrected chi connectivity index (χ0v) is 18.1. The fourth-order valence-corrected chi connectivity index (χ4v) is 5.94. The first kappa shape index (κ1) is 20.0. The molecule has 0 spiro atoms. The van der Waals surface area contributed by atoms with Gasteiger partial charge in [0.2, 0.25) is 11.8 Å². The molecule has 2 aromatic carbocycles. The zero-order valence-electron chi connectivity index (χ0n) is 18.1. The highest BCUT2D eigenvalue weighted by Crippen LogP contribution is 2.43. The number of nitro groups is 1. The molecule has 0 bridgehead atoms. The second kappa shape index (κ2) is 7.43. The number of aromatic nitrogens is 1. The minimum Gasteiger partial charge on any atom is -0.356 e. The molecule has 3 aliphatic rings. The molecular formula is C25H24N4O4. The van der Waals surface area contributed by atoms with Crippen LogP contribution >= 0.6 is 0 Å². The predicted molar refractivity (Wildman–Crippen MR) is 122 cm³/mol. The summed E-state index contributed by atoms with van der Waals surface area (Å²) in [5.74, 6) is -0.0523. The van der Waals surface area contributed by atoms with Crippen LogP contribution in [0.15, 0.2) is 48.5 Å². The monoisotopic (exact) mass is 444 g/mol. The molecule has 0 radical (unpaired) electrons. The SMILES string of the molecule is O=C1C2Cc3c([nH]c4ccccc34)C(c3ccc([N+](=O)[O-])cc3)N2C(=O)CN1C1CCCC1. The Bertz CT molecular complexity index is 1280. The number of carbonyl (C=O) groups excluding carboxylic acids is 2. The largest absolute Gasteiger partial charge is 0.356 e. The molecule has 3 aromatic rings. The van der Waals surface area contributed by atoms with Gasteiger partial charge in [-0.25, -0.2) is 0 Å². The number of H-pyrrole nitrogens is 1. The Morgan fingerprint density at radius 2 is 1.73 bits per heavy atom. The number of amides is 2. The molecule has 1 aliphatic carbocycles. The first-order valence-corrected chi connectivity index (χ1v) is 11.5. The summed E-state index contributed by atoms with van der Waals surface area (Å²) in [5, 5.41) is 12.2. The average Bonchev–Trinajstić information content (AvgIpc) is 3.48. The first-order chi connectivity index (χ1) is 16.0. The summed E-state index contributed by atoms with van der Waals surface area (Å²) >= 11 is 0. The van der Waals surface area contributed by atoms with Gasteiger partial charge in [-0.3, -0.25) is 19.7 Å². The third-order valence-electron chi connectivity index (χ3n) is 7.48. The van der Waals surface area contributed by atoms with Crippen LogP contribution in [0, 0.1) is 10.1 Å². The van der Waals surface area contributed by atoms with E-state index in [1.165, 1.54) is 12.1 Å². The fraction of sp³-hybridized carbons (Fsp3) is 0.360. The smallest absolute Gasteiger partial charge is 0.269 e. The van der Waals surface area contributed by atoms with E-state index in [0.717, 1.165) is 53.4 Å². The van der Waals surface area contributed by atoms with Crippen LogP contribution in [-0.4, -0.2) is 50.1 Å². The van der Waals surface area contributed by atoms with Gasteiger partial charge in [-0.05, 0) is 42.2 Å². The molecule has 8 heteroatoms. The molecule has 2 amide bonds. The van der Waals surface area contributed by atoms with Gasteiger partial charge in [0.25, 0.3) is 5.69 Å². The number of carbonyl (C=O) groups is 2. The number of benzene rings is 2. The molecule has 2 atom stereocenters. The maximum absolute atomic E-state index is 13.7. The molecule has 1 N–H and O–H groups in total. The van der Waals surface area contributed by atoms with Crippen molar-refractivity contribution in [2.45, 2.75) is 50.2 Å². The number of rotatable bonds is 3. The summed E-state index contributed by atoms with van der Waals surface area (Å²) in [6, 6.07) is 13.4. The van der Waals surface area contributed by atoms with Crippen molar-refractivity contribution in [3.05, 3.63) is 75.5 Å². The fourth-order valence-electron chi connectivity index (χ4n) is 5.94. The van der Waals surface area contributed by atoms with Crippen LogP contribution in [0.3, 0.4) is 0 Å². The van der Waals surface area contributed by atoms with Gasteiger partial charge in [0, 0.05) is 41.2 Å². The molecule has 1 saturated carbocycles. The van der Waals surface area contributed by atoms with E-state index in [0.29, 0.717) is 6.42 Å². The summed E-state index contributed by atoms with van der Waals surface area (Å²) in [6.07, 6.45) is 4.56. The van der Waals surface area contributed by atoms with Gasteiger partial charge in [0.1, 0.15) is 12.6 Å². The molecule has 8 nitrogen and oxygen atoms in total. The lowest BCUT2D eigenvalue weighted by Crippen LogP contribution is -2.64. The van der Waals surface area contributed by atoms with Crippen molar-refractivity contribution in [3.8, 4) is 0 Å². The standard InChI is InChI=1S/C25H24N4O4/c30-22-14-27(16-5-1-2-6-16)25(31)21-13-19-18-7-3-4-8-20(18)26-23(19)24(28(21)22)15-9-11-17(12-10-15)29(32)33/h3-4,7-12,16,21,24,26H,1-2,5-6,13-14H2. The van der Waals surface area contributed by atoms with E-state index in [2.05, 4.69) is 4.98 Å². The number of hydrogen-bond acceptors (Lipinski definition) is 4. The summed E-state index contributed by atoms with van der Waals surface area (Å²) in [5.41, 5.74) is 3.65. The summed E-state index contributed by atoms with van der Waals surface area (Å²) in [6.45, 7) is 0.0963. The highest BCUT2D eigenvalue weighted by Gasteiger charge is 2.49. The molecular weight excluding hydrogens is 420 g/mol. The summed E-state index contributed by atoms with van der Waals surface area (Å²) in [7, 11) is 0. The lowest BCUT2D eigenvalue weighted by Gasteiger charge is -2.48. The van der Waals surface area contributed by atoms with Crippen LogP contribution in [0.1, 0.15) is 48.5 Å². The Morgan fingerprint density at radius 3 is 2.45 bits per heavy atom. The second-order valence-corrected chi connectivity index (χ2v) is 9.24. The lowest BCUT2D eigenvalue weighted by atomic mass is 9.86. The Morgan fingerprint density at radius 1 is 1.00 bits per heavy atom. The van der Waals surface area contributed by atoms with E-state index in [9.17, 15) is 19.7 Å². The van der Waals surface area contributed by atoms with Gasteiger partial charge < -0.3 is 14.8 Å². The summed E-state index contributed by atoms with van der Waals surface area (Å²) < 4.78 is 0. The number of nitrogens with one attached hydrogen (secondary N) is 1. The maximum Gasteiger partial charge on any atom is 0.269 e. The highest BCUT2D eigenvalue weighted by molar-refractivity contribution is 5.97. The number of fused-ring (bicyclic) bond motifs is 4. The Balaban J connectivity index is 1.49. The zero-order chi connectivity index (χ0) is 22.7. The van der Waals surface area contributed by atoms with Crippen molar-refractivity contribution in [1.29, 1.82) is 0 Å². The topological polar surface area (TPSA) is 99.5 Å². The number of non-ortho nitro benzene ring substituents is 1. The molecule has 2 aliphatic heterocycles. The normalized spacial score (nSPS) is 23.2. The van der Waals surface area contributed by atoms with Crippen LogP contribution in [0.2, 0.25) is 0 Å². The molecule has 1 aromatic heterocycles. The van der Waals surface area contributed by atoms with E-state index >= 15 is 0 Å². The number of aromatic amines is 1. The van der Waals surface area contributed by atoms with Crippen LogP contribution in [0.4, 0.5) is 5.69 Å². The van der Waals surface area contributed by atoms with Crippen LogP contribution in [0.25, 0.3) is 10.9 Å². The molecule has 33 heavy (non-hydrogen) atoms. The minimum atomic E-state index is -0.571. The van der Waals surface area contributed by atoms with E-state index < -0.39 is 17.0 Å². The Kier molecular flexibility index (Phi) is 4.50. The van der Waals surface area contributed by atoms with E-state index in [1.807, 2.05) is 29.2 Å². The van der Waals surface area contributed by atoms with Crippen molar-refractivity contribution in [1.82, 2.24) is 14.8 Å². The van der Waals surface area contributed by atoms with Gasteiger partial charge in [-0.15, -0.1) is 0 Å². The van der Waals surface area contributed by atoms with E-state index in [-0.39, 0.29) is 30.1 Å². The number of piperazine rings is 1. The van der Waals surface area contributed by atoms with Crippen molar-refractivity contribution >= 4 is 28.4 Å². The molecule has 168 valence electrons. The molecule has 1 saturated heterocycles. The highest BCUT2D eigenvalue weighted by atomic mass is 16.6. The van der Waals surface area contributed by atoms with Crippen molar-refractivity contribution in [2.75, 3.05) is 6.54 Å². The average molecular weight is 444 g/mol. The van der Waals surface area contributed by atoms with Crippen molar-refractivity contribution < 1.29 is 14.5 Å². The van der Waals surface area contributed by atoms with Crippen LogP contribution < -0.4 is 0 Å². The molecule has 2 fully saturated rings. The van der Waals surface area contributed by atoms with Crippen LogP contribution in [-0.2, 0) is 16.0 Å². The number of nitrogens with zero attached hydrogens (tertiary/aromatic N) is 3. The molecule has 2 unspecified atom stereocenters. The number of para-hydroxylation sites is 1. The van der Waals surface area contributed by atoms with Crippen LogP contribution in [0.5, 0.6) is 0 Å². The minimum absolute atomic E-state index is 0.00330. The van der Waals surface area contributed by atoms with Gasteiger partial charge in [-0.2, -0.15) is 0 Å². The second-order valence-electron chi connectivity index (χ2n) is 9.24. The third kappa shape index (κ3) is 3.04. The Labute approximate surface area is 190 Å². The van der Waals surface area contributed by atoms with Crippen molar-refractivity contribution in [2.24, 2.45) is 0 Å². The predicted octanol–water partition coefficient (Wildman–Crippen LogP) is 3.70. The number of nitro benzene ring substituents is 1. The summed E-state index contributed by atoms with van der Waals surface area (Å²) in [4.78, 5) is 45.0. The van der Waals surface area contributed by atoms with E-state index in [4.69, 9.17) is 0 Å². The first-order valence-electron chi connectivity index (χ1n) is 11.5. The molecule has 6 rings (SSSR count). The molecule has 3 heterocycles. The quantitative estimate of drug-likeness (QED) is 0.492. The maximum atomic E-state index is 13.7. The number of hydrogen-bond donors (Lipinski definition) is 1.